The zero-order valence-corrected chi connectivity index (χ0v) is 9.74. The number of nitrogens with zero attached hydrogens (tertiary/aromatic N) is 1. The Kier molecular flexibility index (Phi) is 5.99. The maximum atomic E-state index is 11.3. The molecule has 1 aromatic rings. The Morgan fingerprint density at radius 2 is 2.38 bits per heavy atom. The van der Waals surface area contributed by atoms with Crippen LogP contribution in [0.15, 0.2) is 10.9 Å². The molecular weight excluding hydrogens is 228 g/mol. The van der Waals surface area contributed by atoms with Crippen LogP contribution in [0.4, 0.5) is 0 Å². The number of carbonyl (C=O) groups is 1. The molecule has 0 radical (unpaired) electrons. The van der Waals surface area contributed by atoms with E-state index in [1.165, 1.54) is 11.3 Å². The maximum absolute atomic E-state index is 11.3. The van der Waals surface area contributed by atoms with E-state index in [0.29, 0.717) is 19.4 Å². The van der Waals surface area contributed by atoms with E-state index in [0.717, 1.165) is 12.1 Å². The fraction of sp³-hybridized carbons (Fsp3) is 0.600. The number of aliphatic hydroxyl groups is 2. The van der Waals surface area contributed by atoms with Crippen molar-refractivity contribution in [3.05, 3.63) is 16.6 Å². The molecule has 90 valence electrons. The largest absolute Gasteiger partial charge is 0.368 e. The summed E-state index contributed by atoms with van der Waals surface area (Å²) in [7, 11) is 0. The van der Waals surface area contributed by atoms with Crippen LogP contribution in [0.2, 0.25) is 0 Å². The van der Waals surface area contributed by atoms with E-state index >= 15 is 0 Å². The molecule has 0 saturated carbocycles. The third-order valence-electron chi connectivity index (χ3n) is 2.05. The van der Waals surface area contributed by atoms with Crippen molar-refractivity contribution in [1.29, 1.82) is 0 Å². The van der Waals surface area contributed by atoms with Gasteiger partial charge in [-0.05, 0) is 12.8 Å². The molecular formula is C10H16N2O3S. The lowest BCUT2D eigenvalue weighted by Gasteiger charge is -2.04. The second-order valence-corrected chi connectivity index (χ2v) is 4.17. The molecule has 5 nitrogen and oxygen atoms in total. The predicted octanol–water partition coefficient (Wildman–Crippen LogP) is 0.283. The molecule has 0 aliphatic carbocycles. The van der Waals surface area contributed by atoms with Gasteiger partial charge in [-0.2, -0.15) is 0 Å². The fourth-order valence-corrected chi connectivity index (χ4v) is 1.82. The molecule has 1 heterocycles. The second-order valence-electron chi connectivity index (χ2n) is 3.45. The van der Waals surface area contributed by atoms with Gasteiger partial charge in [0.15, 0.2) is 6.29 Å². The molecule has 0 aliphatic rings. The van der Waals surface area contributed by atoms with Crippen LogP contribution in [-0.2, 0) is 11.2 Å². The van der Waals surface area contributed by atoms with E-state index in [1.54, 1.807) is 5.51 Å². The molecule has 0 aliphatic heterocycles. The SMILES string of the molecule is O=C(CCCC(O)O)NCCc1cscn1. The molecule has 0 fully saturated rings. The quantitative estimate of drug-likeness (QED) is 0.602. The normalized spacial score (nSPS) is 10.7. The van der Waals surface area contributed by atoms with Crippen molar-refractivity contribution in [3.8, 4) is 0 Å². The molecule has 6 heteroatoms. The summed E-state index contributed by atoms with van der Waals surface area (Å²) in [5, 5.41) is 21.9. The lowest BCUT2D eigenvalue weighted by Crippen LogP contribution is -2.25. The lowest BCUT2D eigenvalue weighted by atomic mass is 10.2. The Morgan fingerprint density at radius 3 is 3.00 bits per heavy atom. The Bertz CT molecular complexity index is 301. The molecule has 0 bridgehead atoms. The molecule has 1 rings (SSSR count). The van der Waals surface area contributed by atoms with Gasteiger partial charge in [0.2, 0.25) is 5.91 Å². The van der Waals surface area contributed by atoms with E-state index in [4.69, 9.17) is 10.2 Å². The van der Waals surface area contributed by atoms with Crippen molar-refractivity contribution in [1.82, 2.24) is 10.3 Å². The summed E-state index contributed by atoms with van der Waals surface area (Å²) in [6, 6.07) is 0. The van der Waals surface area contributed by atoms with Gasteiger partial charge in [0.25, 0.3) is 0 Å². The monoisotopic (exact) mass is 244 g/mol. The number of thiazole rings is 1. The Labute approximate surface area is 98.1 Å². The minimum atomic E-state index is -1.32. The zero-order chi connectivity index (χ0) is 11.8. The number of hydrogen-bond acceptors (Lipinski definition) is 5. The molecule has 0 spiro atoms. The summed E-state index contributed by atoms with van der Waals surface area (Å²) in [5.41, 5.74) is 2.75. The molecule has 1 amide bonds. The first-order valence-corrected chi connectivity index (χ1v) is 6.12. The van der Waals surface area contributed by atoms with Crippen molar-refractivity contribution in [3.63, 3.8) is 0 Å². The molecule has 1 aromatic heterocycles. The summed E-state index contributed by atoms with van der Waals surface area (Å²) in [6.45, 7) is 0.574. The lowest BCUT2D eigenvalue weighted by molar-refractivity contribution is -0.121. The molecule has 16 heavy (non-hydrogen) atoms. The summed E-state index contributed by atoms with van der Waals surface area (Å²) < 4.78 is 0. The van der Waals surface area contributed by atoms with Gasteiger partial charge in [-0.15, -0.1) is 11.3 Å². The van der Waals surface area contributed by atoms with Crippen molar-refractivity contribution in [2.45, 2.75) is 32.0 Å². The van der Waals surface area contributed by atoms with Crippen molar-refractivity contribution < 1.29 is 15.0 Å². The summed E-state index contributed by atoms with van der Waals surface area (Å²) >= 11 is 1.54. The van der Waals surface area contributed by atoms with Crippen LogP contribution in [0, 0.1) is 0 Å². The van der Waals surface area contributed by atoms with Crippen LogP contribution in [-0.4, -0.2) is 33.9 Å². The van der Waals surface area contributed by atoms with Gasteiger partial charge in [0, 0.05) is 24.8 Å². The summed E-state index contributed by atoms with van der Waals surface area (Å²) in [5.74, 6) is -0.0594. The number of aromatic nitrogens is 1. The van der Waals surface area contributed by atoms with E-state index in [2.05, 4.69) is 10.3 Å². The maximum Gasteiger partial charge on any atom is 0.220 e. The van der Waals surface area contributed by atoms with Gasteiger partial charge in [-0.3, -0.25) is 4.79 Å². The third-order valence-corrected chi connectivity index (χ3v) is 2.69. The first-order chi connectivity index (χ1) is 7.68. The van der Waals surface area contributed by atoms with Crippen LogP contribution in [0.25, 0.3) is 0 Å². The Morgan fingerprint density at radius 1 is 1.56 bits per heavy atom. The van der Waals surface area contributed by atoms with Crippen molar-refractivity contribution >= 4 is 17.2 Å². The zero-order valence-electron chi connectivity index (χ0n) is 8.93. The molecule has 0 aromatic carbocycles. The Hall–Kier alpha value is -0.980. The number of amides is 1. The van der Waals surface area contributed by atoms with E-state index in [1.807, 2.05) is 5.38 Å². The number of aliphatic hydroxyl groups excluding tert-OH is 1. The molecule has 0 atom stereocenters. The van der Waals surface area contributed by atoms with E-state index < -0.39 is 6.29 Å². The molecule has 3 N–H and O–H groups in total. The van der Waals surface area contributed by atoms with Gasteiger partial charge in [0.05, 0.1) is 11.2 Å². The number of nitrogens with one attached hydrogen (secondary N) is 1. The fourth-order valence-electron chi connectivity index (χ4n) is 1.22. The predicted molar refractivity (Wildman–Crippen MR) is 60.9 cm³/mol. The minimum absolute atomic E-state index is 0.0594. The highest BCUT2D eigenvalue weighted by Gasteiger charge is 2.03. The van der Waals surface area contributed by atoms with Crippen LogP contribution in [0.1, 0.15) is 25.0 Å². The smallest absolute Gasteiger partial charge is 0.220 e. The van der Waals surface area contributed by atoms with Crippen molar-refractivity contribution in [2.75, 3.05) is 6.54 Å². The highest BCUT2D eigenvalue weighted by Crippen LogP contribution is 2.01. The van der Waals surface area contributed by atoms with Crippen LogP contribution in [0.3, 0.4) is 0 Å². The highest BCUT2D eigenvalue weighted by molar-refractivity contribution is 7.07. The van der Waals surface area contributed by atoms with Gasteiger partial charge < -0.3 is 15.5 Å². The second kappa shape index (κ2) is 7.32. The van der Waals surface area contributed by atoms with E-state index in [-0.39, 0.29) is 12.3 Å². The number of carbonyl (C=O) groups excluding carboxylic acids is 1. The van der Waals surface area contributed by atoms with Gasteiger partial charge >= 0.3 is 0 Å². The standard InChI is InChI=1S/C10H16N2O3S/c13-9(2-1-3-10(14)15)11-5-4-8-6-16-7-12-8/h6-7,10,14-15H,1-5H2,(H,11,13). The average Bonchev–Trinajstić information content (AvgIpc) is 2.70. The summed E-state index contributed by atoms with van der Waals surface area (Å²) in [6.07, 6.45) is 0.467. The van der Waals surface area contributed by atoms with Crippen LogP contribution in [0.5, 0.6) is 0 Å². The number of hydrogen-bond donors (Lipinski definition) is 3. The average molecular weight is 244 g/mol. The third kappa shape index (κ3) is 5.79. The minimum Gasteiger partial charge on any atom is -0.368 e. The molecule has 0 unspecified atom stereocenters. The topological polar surface area (TPSA) is 82.5 Å². The highest BCUT2D eigenvalue weighted by atomic mass is 32.1. The Balaban J connectivity index is 2.02. The van der Waals surface area contributed by atoms with Crippen molar-refractivity contribution in [2.24, 2.45) is 0 Å². The van der Waals surface area contributed by atoms with E-state index in [9.17, 15) is 4.79 Å². The number of rotatable bonds is 7. The first-order valence-electron chi connectivity index (χ1n) is 5.18. The van der Waals surface area contributed by atoms with Gasteiger partial charge in [-0.25, -0.2) is 4.98 Å². The molecule has 0 saturated heterocycles. The van der Waals surface area contributed by atoms with Gasteiger partial charge in [0.1, 0.15) is 0 Å². The van der Waals surface area contributed by atoms with Gasteiger partial charge in [-0.1, -0.05) is 0 Å². The van der Waals surface area contributed by atoms with Crippen LogP contribution >= 0.6 is 11.3 Å². The van der Waals surface area contributed by atoms with Crippen LogP contribution < -0.4 is 5.32 Å². The first kappa shape index (κ1) is 13.1. The summed E-state index contributed by atoms with van der Waals surface area (Å²) in [4.78, 5) is 15.4.